The summed E-state index contributed by atoms with van der Waals surface area (Å²) in [4.78, 5) is 11.2. The molecule has 144 valence electrons. The van der Waals surface area contributed by atoms with E-state index in [1.807, 2.05) is 49.4 Å². The van der Waals surface area contributed by atoms with Gasteiger partial charge in [-0.1, -0.05) is 36.4 Å². The van der Waals surface area contributed by atoms with E-state index in [1.54, 1.807) is 12.1 Å². The van der Waals surface area contributed by atoms with E-state index in [0.717, 1.165) is 33.6 Å². The van der Waals surface area contributed by atoms with Crippen LogP contribution in [0.2, 0.25) is 0 Å². The van der Waals surface area contributed by atoms with Crippen LogP contribution in [0.4, 0.5) is 4.39 Å². The fourth-order valence-corrected chi connectivity index (χ4v) is 3.05. The third-order valence-corrected chi connectivity index (χ3v) is 4.60. The molecule has 0 saturated heterocycles. The molecule has 0 heterocycles. The molecule has 3 nitrogen and oxygen atoms in total. The molecule has 0 fully saturated rings. The standard InChI is InChI=1S/C24H23FO3/c1-17-14-21(25)9-12-23(17)20-5-3-4-19(15-20)16-28-22-10-6-18(7-11-22)8-13-24(26)27-2/h3-7,9-12,14-15H,8,13,16H2,1-2H3. The van der Waals surface area contributed by atoms with Crippen molar-refractivity contribution in [1.29, 1.82) is 0 Å². The van der Waals surface area contributed by atoms with Crippen LogP contribution in [0.25, 0.3) is 11.1 Å². The van der Waals surface area contributed by atoms with Gasteiger partial charge in [0.2, 0.25) is 0 Å². The minimum absolute atomic E-state index is 0.211. The second-order valence-electron chi connectivity index (χ2n) is 6.67. The first-order valence-corrected chi connectivity index (χ1v) is 9.19. The maximum atomic E-state index is 13.3. The Morgan fingerprint density at radius 1 is 0.964 bits per heavy atom. The second-order valence-corrected chi connectivity index (χ2v) is 6.67. The normalized spacial score (nSPS) is 10.5. The highest BCUT2D eigenvalue weighted by Gasteiger charge is 2.05. The predicted molar refractivity (Wildman–Crippen MR) is 108 cm³/mol. The third kappa shape index (κ3) is 5.19. The van der Waals surface area contributed by atoms with Crippen molar-refractivity contribution in [3.8, 4) is 16.9 Å². The fraction of sp³-hybridized carbons (Fsp3) is 0.208. The Morgan fingerprint density at radius 3 is 2.46 bits per heavy atom. The lowest BCUT2D eigenvalue weighted by Gasteiger charge is -2.10. The topological polar surface area (TPSA) is 35.5 Å². The molecular formula is C24H23FO3. The average Bonchev–Trinajstić information content (AvgIpc) is 2.71. The minimum atomic E-state index is -0.226. The molecule has 0 aliphatic carbocycles. The lowest BCUT2D eigenvalue weighted by atomic mass is 9.99. The van der Waals surface area contributed by atoms with Crippen molar-refractivity contribution in [3.05, 3.63) is 89.2 Å². The smallest absolute Gasteiger partial charge is 0.305 e. The Bertz CT molecular complexity index is 948. The molecule has 0 aliphatic rings. The van der Waals surface area contributed by atoms with E-state index < -0.39 is 0 Å². The summed E-state index contributed by atoms with van der Waals surface area (Å²) in [5.74, 6) is 0.331. The lowest BCUT2D eigenvalue weighted by Crippen LogP contribution is -2.02. The first kappa shape index (κ1) is 19.6. The molecule has 0 atom stereocenters. The Kier molecular flexibility index (Phi) is 6.43. The quantitative estimate of drug-likeness (QED) is 0.510. The van der Waals surface area contributed by atoms with Crippen LogP contribution in [0.5, 0.6) is 5.75 Å². The van der Waals surface area contributed by atoms with Gasteiger partial charge in [-0.25, -0.2) is 4.39 Å². The summed E-state index contributed by atoms with van der Waals surface area (Å²) in [7, 11) is 1.39. The maximum Gasteiger partial charge on any atom is 0.305 e. The number of benzene rings is 3. The summed E-state index contributed by atoms with van der Waals surface area (Å²) < 4.78 is 23.9. The van der Waals surface area contributed by atoms with Gasteiger partial charge in [-0.05, 0) is 71.5 Å². The number of hydrogen-bond acceptors (Lipinski definition) is 3. The van der Waals surface area contributed by atoms with Crippen molar-refractivity contribution in [2.24, 2.45) is 0 Å². The second kappa shape index (κ2) is 9.18. The molecule has 0 bridgehead atoms. The lowest BCUT2D eigenvalue weighted by molar-refractivity contribution is -0.140. The van der Waals surface area contributed by atoms with E-state index in [0.29, 0.717) is 19.4 Å². The number of carbonyl (C=O) groups is 1. The van der Waals surface area contributed by atoms with E-state index in [2.05, 4.69) is 10.8 Å². The monoisotopic (exact) mass is 378 g/mol. The van der Waals surface area contributed by atoms with Crippen molar-refractivity contribution in [2.45, 2.75) is 26.4 Å². The van der Waals surface area contributed by atoms with E-state index >= 15 is 0 Å². The number of aryl methyl sites for hydroxylation is 2. The fourth-order valence-electron chi connectivity index (χ4n) is 3.05. The molecule has 0 aliphatic heterocycles. The van der Waals surface area contributed by atoms with Crippen LogP contribution >= 0.6 is 0 Å². The van der Waals surface area contributed by atoms with Gasteiger partial charge in [0.25, 0.3) is 0 Å². The molecule has 0 amide bonds. The first-order valence-electron chi connectivity index (χ1n) is 9.19. The van der Waals surface area contributed by atoms with Crippen LogP contribution in [0.15, 0.2) is 66.7 Å². The zero-order valence-corrected chi connectivity index (χ0v) is 16.1. The van der Waals surface area contributed by atoms with Crippen LogP contribution in [-0.4, -0.2) is 13.1 Å². The zero-order chi connectivity index (χ0) is 19.9. The highest BCUT2D eigenvalue weighted by molar-refractivity contribution is 5.69. The van der Waals surface area contributed by atoms with Crippen LogP contribution < -0.4 is 4.74 Å². The van der Waals surface area contributed by atoms with Crippen molar-refractivity contribution in [2.75, 3.05) is 7.11 Å². The van der Waals surface area contributed by atoms with Gasteiger partial charge in [-0.2, -0.15) is 0 Å². The van der Waals surface area contributed by atoms with Gasteiger partial charge < -0.3 is 9.47 Å². The summed E-state index contributed by atoms with van der Waals surface area (Å²) in [6.45, 7) is 2.35. The Morgan fingerprint density at radius 2 is 1.75 bits per heavy atom. The Labute approximate surface area is 164 Å². The van der Waals surface area contributed by atoms with Gasteiger partial charge in [0.15, 0.2) is 0 Å². The molecule has 0 unspecified atom stereocenters. The number of rotatable bonds is 7. The minimum Gasteiger partial charge on any atom is -0.489 e. The molecule has 3 rings (SSSR count). The van der Waals surface area contributed by atoms with Crippen molar-refractivity contribution < 1.29 is 18.7 Å². The average molecular weight is 378 g/mol. The van der Waals surface area contributed by atoms with Crippen molar-refractivity contribution >= 4 is 5.97 Å². The maximum absolute atomic E-state index is 13.3. The highest BCUT2D eigenvalue weighted by atomic mass is 19.1. The summed E-state index contributed by atoms with van der Waals surface area (Å²) in [6, 6.07) is 20.6. The number of hydrogen-bond donors (Lipinski definition) is 0. The molecular weight excluding hydrogens is 355 g/mol. The van der Waals surface area contributed by atoms with Gasteiger partial charge in [0.1, 0.15) is 18.2 Å². The molecule has 3 aromatic carbocycles. The van der Waals surface area contributed by atoms with Gasteiger partial charge in [-0.15, -0.1) is 0 Å². The predicted octanol–water partition coefficient (Wildman–Crippen LogP) is 5.49. The van der Waals surface area contributed by atoms with E-state index in [4.69, 9.17) is 4.74 Å². The van der Waals surface area contributed by atoms with Gasteiger partial charge >= 0.3 is 5.97 Å². The summed E-state index contributed by atoms with van der Waals surface area (Å²) in [6.07, 6.45) is 1.01. The van der Waals surface area contributed by atoms with Crippen LogP contribution in [-0.2, 0) is 22.6 Å². The Hall–Kier alpha value is -3.14. The zero-order valence-electron chi connectivity index (χ0n) is 16.1. The van der Waals surface area contributed by atoms with E-state index in [9.17, 15) is 9.18 Å². The van der Waals surface area contributed by atoms with Crippen LogP contribution in [0.3, 0.4) is 0 Å². The number of esters is 1. The Balaban J connectivity index is 1.62. The van der Waals surface area contributed by atoms with Crippen molar-refractivity contribution in [1.82, 2.24) is 0 Å². The van der Waals surface area contributed by atoms with Crippen LogP contribution in [0, 0.1) is 12.7 Å². The van der Waals surface area contributed by atoms with Gasteiger partial charge in [0, 0.05) is 6.42 Å². The van der Waals surface area contributed by atoms with Gasteiger partial charge in [0.05, 0.1) is 7.11 Å². The number of ether oxygens (including phenoxy) is 2. The summed E-state index contributed by atoms with van der Waals surface area (Å²) in [5, 5.41) is 0. The molecule has 0 N–H and O–H groups in total. The molecule has 0 saturated carbocycles. The number of carbonyl (C=O) groups excluding carboxylic acids is 1. The third-order valence-electron chi connectivity index (χ3n) is 4.60. The number of halogens is 1. The molecule has 0 spiro atoms. The molecule has 0 radical (unpaired) electrons. The first-order chi connectivity index (χ1) is 13.5. The van der Waals surface area contributed by atoms with Crippen molar-refractivity contribution in [3.63, 3.8) is 0 Å². The van der Waals surface area contributed by atoms with Gasteiger partial charge in [-0.3, -0.25) is 4.79 Å². The summed E-state index contributed by atoms with van der Waals surface area (Å²) >= 11 is 0. The van der Waals surface area contributed by atoms with E-state index in [1.165, 1.54) is 13.2 Å². The molecule has 3 aromatic rings. The highest BCUT2D eigenvalue weighted by Crippen LogP contribution is 2.25. The summed E-state index contributed by atoms with van der Waals surface area (Å²) in [5.41, 5.74) is 5.05. The number of methoxy groups -OCH3 is 1. The molecule has 28 heavy (non-hydrogen) atoms. The molecule has 0 aromatic heterocycles. The van der Waals surface area contributed by atoms with Crippen LogP contribution in [0.1, 0.15) is 23.1 Å². The largest absolute Gasteiger partial charge is 0.489 e. The van der Waals surface area contributed by atoms with E-state index in [-0.39, 0.29) is 11.8 Å². The molecule has 4 heteroatoms. The SMILES string of the molecule is COC(=O)CCc1ccc(OCc2cccc(-c3ccc(F)cc3C)c2)cc1.